The predicted molar refractivity (Wildman–Crippen MR) is 90.7 cm³/mol. The molecule has 0 unspecified atom stereocenters. The molecule has 3 heterocycles. The van der Waals surface area contributed by atoms with Crippen LogP contribution in [-0.4, -0.2) is 9.55 Å². The maximum Gasteiger partial charge on any atom is 0.145 e. The number of hydrogen-bond acceptors (Lipinski definition) is 1. The van der Waals surface area contributed by atoms with Gasteiger partial charge in [0.25, 0.3) is 0 Å². The second-order valence-electron chi connectivity index (χ2n) is 6.70. The maximum atomic E-state index is 13.9. The van der Waals surface area contributed by atoms with E-state index in [0.717, 1.165) is 22.3 Å². The van der Waals surface area contributed by atoms with Crippen LogP contribution >= 0.6 is 0 Å². The topological polar surface area (TPSA) is 17.8 Å². The molecule has 0 spiro atoms. The predicted octanol–water partition coefficient (Wildman–Crippen LogP) is 4.96. The van der Waals surface area contributed by atoms with E-state index in [1.54, 1.807) is 6.07 Å². The first kappa shape index (κ1) is 12.8. The largest absolute Gasteiger partial charge is 0.293 e. The molecule has 3 heteroatoms. The zero-order valence-corrected chi connectivity index (χ0v) is 13.0. The van der Waals surface area contributed by atoms with E-state index in [4.69, 9.17) is 0 Å². The molecule has 1 aliphatic rings. The minimum absolute atomic E-state index is 0.197. The van der Waals surface area contributed by atoms with Gasteiger partial charge in [0.05, 0.1) is 11.2 Å². The molecule has 0 aliphatic carbocycles. The first-order chi connectivity index (χ1) is 11.1. The van der Waals surface area contributed by atoms with Gasteiger partial charge in [0.2, 0.25) is 0 Å². The Hall–Kier alpha value is -2.68. The van der Waals surface area contributed by atoms with Crippen LogP contribution in [0.15, 0.2) is 54.7 Å². The first-order valence-electron chi connectivity index (χ1n) is 7.78. The molecule has 112 valence electrons. The Kier molecular flexibility index (Phi) is 2.22. The van der Waals surface area contributed by atoms with Crippen LogP contribution < -0.4 is 0 Å². The molecule has 4 aromatic rings. The van der Waals surface area contributed by atoms with Crippen molar-refractivity contribution in [1.82, 2.24) is 9.55 Å². The first-order valence-corrected chi connectivity index (χ1v) is 7.78. The maximum absolute atomic E-state index is 13.9. The molecule has 0 N–H and O–H groups in total. The Bertz CT molecular complexity index is 1110. The highest BCUT2D eigenvalue weighted by molar-refractivity contribution is 6.10. The van der Waals surface area contributed by atoms with Gasteiger partial charge in [-0.3, -0.25) is 4.57 Å². The molecule has 2 nitrogen and oxygen atoms in total. The van der Waals surface area contributed by atoms with Gasteiger partial charge in [-0.15, -0.1) is 0 Å². The van der Waals surface area contributed by atoms with E-state index >= 15 is 0 Å². The van der Waals surface area contributed by atoms with Crippen molar-refractivity contribution in [2.75, 3.05) is 0 Å². The average molecular weight is 302 g/mol. The van der Waals surface area contributed by atoms with Crippen molar-refractivity contribution in [2.45, 2.75) is 19.3 Å². The number of rotatable bonds is 0. The van der Waals surface area contributed by atoms with Crippen molar-refractivity contribution in [3.63, 3.8) is 0 Å². The lowest BCUT2D eigenvalue weighted by molar-refractivity contribution is 0.594. The normalized spacial score (nSPS) is 15.1. The fourth-order valence-corrected chi connectivity index (χ4v) is 3.98. The molecule has 2 aromatic heterocycles. The molecule has 0 saturated carbocycles. The quantitative estimate of drug-likeness (QED) is 0.449. The third kappa shape index (κ3) is 1.45. The van der Waals surface area contributed by atoms with E-state index in [1.165, 1.54) is 22.5 Å². The molecular weight excluding hydrogens is 287 g/mol. The summed E-state index contributed by atoms with van der Waals surface area (Å²) in [5.41, 5.74) is 5.10. The van der Waals surface area contributed by atoms with Gasteiger partial charge in [-0.2, -0.15) is 0 Å². The Morgan fingerprint density at radius 2 is 1.78 bits per heavy atom. The highest BCUT2D eigenvalue weighted by atomic mass is 19.1. The molecule has 0 bridgehead atoms. The summed E-state index contributed by atoms with van der Waals surface area (Å²) < 4.78 is 16.1. The summed E-state index contributed by atoms with van der Waals surface area (Å²) in [5.74, 6) is -0.197. The SMILES string of the molecule is CC1(C)c2cc(F)ccc2-n2c3ncccc3c3cccc1c32. The minimum Gasteiger partial charge on any atom is -0.293 e. The summed E-state index contributed by atoms with van der Waals surface area (Å²) in [6.07, 6.45) is 1.81. The van der Waals surface area contributed by atoms with Gasteiger partial charge in [0.15, 0.2) is 0 Å². The lowest BCUT2D eigenvalue weighted by atomic mass is 9.74. The average Bonchev–Trinajstić information content (AvgIpc) is 2.89. The fourth-order valence-electron chi connectivity index (χ4n) is 3.98. The molecule has 23 heavy (non-hydrogen) atoms. The van der Waals surface area contributed by atoms with Crippen LogP contribution in [0.2, 0.25) is 0 Å². The summed E-state index contributed by atoms with van der Waals surface area (Å²) in [6, 6.07) is 15.5. The van der Waals surface area contributed by atoms with Crippen LogP contribution in [0.3, 0.4) is 0 Å². The number of nitrogens with zero attached hydrogens (tertiary/aromatic N) is 2. The Morgan fingerprint density at radius 3 is 2.65 bits per heavy atom. The van der Waals surface area contributed by atoms with E-state index in [9.17, 15) is 4.39 Å². The van der Waals surface area contributed by atoms with Crippen molar-refractivity contribution in [3.8, 4) is 5.69 Å². The van der Waals surface area contributed by atoms with Gasteiger partial charge in [0.1, 0.15) is 11.5 Å². The van der Waals surface area contributed by atoms with Crippen molar-refractivity contribution >= 4 is 21.9 Å². The second-order valence-corrected chi connectivity index (χ2v) is 6.70. The standard InChI is InChI=1S/C20H15FN2/c1-20(2)15-7-3-5-13-14-6-4-10-22-19(14)23(18(13)15)17-9-8-12(21)11-16(17)20/h3-11H,1-2H3. The van der Waals surface area contributed by atoms with Gasteiger partial charge in [-0.05, 0) is 41.5 Å². The van der Waals surface area contributed by atoms with Crippen LogP contribution in [0.25, 0.3) is 27.6 Å². The smallest absolute Gasteiger partial charge is 0.145 e. The summed E-state index contributed by atoms with van der Waals surface area (Å²) in [5, 5.41) is 2.34. The van der Waals surface area contributed by atoms with E-state index < -0.39 is 0 Å². The summed E-state index contributed by atoms with van der Waals surface area (Å²) in [6.45, 7) is 4.32. The van der Waals surface area contributed by atoms with Crippen molar-refractivity contribution in [3.05, 3.63) is 71.7 Å². The van der Waals surface area contributed by atoms with Crippen LogP contribution in [0.4, 0.5) is 4.39 Å². The van der Waals surface area contributed by atoms with E-state index in [2.05, 4.69) is 47.7 Å². The lowest BCUT2D eigenvalue weighted by Gasteiger charge is -2.34. The highest BCUT2D eigenvalue weighted by Gasteiger charge is 2.35. The third-order valence-electron chi connectivity index (χ3n) is 5.09. The summed E-state index contributed by atoms with van der Waals surface area (Å²) in [7, 11) is 0. The molecule has 0 amide bonds. The lowest BCUT2D eigenvalue weighted by Crippen LogP contribution is -2.26. The zero-order chi connectivity index (χ0) is 15.8. The van der Waals surface area contributed by atoms with Gasteiger partial charge >= 0.3 is 0 Å². The number of fused-ring (bicyclic) bond motifs is 5. The zero-order valence-electron chi connectivity index (χ0n) is 13.0. The van der Waals surface area contributed by atoms with Gasteiger partial charge in [0, 0.05) is 22.4 Å². The number of aromatic nitrogens is 2. The molecule has 1 aliphatic heterocycles. The minimum atomic E-state index is -0.249. The summed E-state index contributed by atoms with van der Waals surface area (Å²) >= 11 is 0. The summed E-state index contributed by atoms with van der Waals surface area (Å²) in [4.78, 5) is 4.60. The molecule has 0 radical (unpaired) electrons. The van der Waals surface area contributed by atoms with Gasteiger partial charge < -0.3 is 0 Å². The third-order valence-corrected chi connectivity index (χ3v) is 5.09. The van der Waals surface area contributed by atoms with Gasteiger partial charge in [-0.25, -0.2) is 9.37 Å². The van der Waals surface area contributed by atoms with Crippen molar-refractivity contribution in [1.29, 1.82) is 0 Å². The Balaban J connectivity index is 2.12. The van der Waals surface area contributed by atoms with Crippen LogP contribution in [0, 0.1) is 5.82 Å². The fraction of sp³-hybridized carbons (Fsp3) is 0.150. The highest BCUT2D eigenvalue weighted by Crippen LogP contribution is 2.46. The number of benzene rings is 2. The van der Waals surface area contributed by atoms with Crippen molar-refractivity contribution in [2.24, 2.45) is 0 Å². The molecule has 5 rings (SSSR count). The van der Waals surface area contributed by atoms with Crippen LogP contribution in [0.5, 0.6) is 0 Å². The number of pyridine rings is 1. The van der Waals surface area contributed by atoms with Gasteiger partial charge in [-0.1, -0.05) is 32.0 Å². The number of para-hydroxylation sites is 1. The molecule has 0 atom stereocenters. The molecule has 2 aromatic carbocycles. The van der Waals surface area contributed by atoms with Crippen LogP contribution in [-0.2, 0) is 5.41 Å². The Morgan fingerprint density at radius 1 is 0.957 bits per heavy atom. The van der Waals surface area contributed by atoms with E-state index in [1.807, 2.05) is 18.3 Å². The van der Waals surface area contributed by atoms with E-state index in [-0.39, 0.29) is 11.2 Å². The molecule has 0 fully saturated rings. The van der Waals surface area contributed by atoms with Crippen LogP contribution in [0.1, 0.15) is 25.0 Å². The number of halogens is 1. The molecular formula is C20H15FN2. The molecule has 0 saturated heterocycles. The monoisotopic (exact) mass is 302 g/mol. The number of hydrogen-bond donors (Lipinski definition) is 0. The van der Waals surface area contributed by atoms with Crippen molar-refractivity contribution < 1.29 is 4.39 Å². The van der Waals surface area contributed by atoms with E-state index in [0.29, 0.717) is 0 Å². The Labute approximate surface area is 133 Å². The second kappa shape index (κ2) is 3.99.